The SMILES string of the molecule is CC(C)(C)C.O=C1CN=C(c2ccccc2)c2ccccc2N1. The van der Waals surface area contributed by atoms with E-state index in [9.17, 15) is 4.79 Å². The minimum atomic E-state index is -0.0756. The van der Waals surface area contributed by atoms with Gasteiger partial charge in [-0.05, 0) is 11.5 Å². The summed E-state index contributed by atoms with van der Waals surface area (Å²) in [6.45, 7) is 8.92. The van der Waals surface area contributed by atoms with Gasteiger partial charge >= 0.3 is 0 Å². The quantitative estimate of drug-likeness (QED) is 0.826. The Hall–Kier alpha value is -2.42. The van der Waals surface area contributed by atoms with Crippen LogP contribution in [0.2, 0.25) is 0 Å². The van der Waals surface area contributed by atoms with Gasteiger partial charge in [0.15, 0.2) is 0 Å². The molecule has 3 rings (SSSR count). The summed E-state index contributed by atoms with van der Waals surface area (Å²) in [4.78, 5) is 16.0. The van der Waals surface area contributed by atoms with E-state index in [0.29, 0.717) is 5.41 Å². The lowest BCUT2D eigenvalue weighted by Gasteiger charge is -2.09. The van der Waals surface area contributed by atoms with Crippen molar-refractivity contribution in [3.05, 3.63) is 65.7 Å². The van der Waals surface area contributed by atoms with Gasteiger partial charge in [0.05, 0.1) is 11.4 Å². The molecule has 0 unspecified atom stereocenters. The Bertz CT molecular complexity index is 691. The van der Waals surface area contributed by atoms with Crippen molar-refractivity contribution >= 4 is 17.3 Å². The monoisotopic (exact) mass is 308 g/mol. The Balaban J connectivity index is 0.000000338. The van der Waals surface area contributed by atoms with Gasteiger partial charge in [-0.3, -0.25) is 9.79 Å². The molecule has 0 aromatic heterocycles. The van der Waals surface area contributed by atoms with Crippen molar-refractivity contribution in [1.82, 2.24) is 0 Å². The number of benzene rings is 2. The highest BCUT2D eigenvalue weighted by atomic mass is 16.1. The second kappa shape index (κ2) is 7.23. The highest BCUT2D eigenvalue weighted by molar-refractivity contribution is 6.19. The summed E-state index contributed by atoms with van der Waals surface area (Å²) in [5, 5.41) is 2.87. The minimum absolute atomic E-state index is 0.0756. The van der Waals surface area contributed by atoms with Crippen LogP contribution in [0.4, 0.5) is 5.69 Å². The predicted molar refractivity (Wildman–Crippen MR) is 97.1 cm³/mol. The largest absolute Gasteiger partial charge is 0.324 e. The molecule has 2 aromatic carbocycles. The number of para-hydroxylation sites is 1. The lowest BCUT2D eigenvalue weighted by molar-refractivity contribution is -0.114. The predicted octanol–water partition coefficient (Wildman–Crippen LogP) is 4.53. The number of carbonyl (C=O) groups excluding carboxylic acids is 1. The molecule has 2 aromatic rings. The average molecular weight is 308 g/mol. The van der Waals surface area contributed by atoms with Gasteiger partial charge in [-0.2, -0.15) is 0 Å². The minimum Gasteiger partial charge on any atom is -0.324 e. The maximum Gasteiger partial charge on any atom is 0.246 e. The van der Waals surface area contributed by atoms with Crippen molar-refractivity contribution in [2.75, 3.05) is 11.9 Å². The van der Waals surface area contributed by atoms with Crippen molar-refractivity contribution in [3.8, 4) is 0 Å². The summed E-state index contributed by atoms with van der Waals surface area (Å²) >= 11 is 0. The summed E-state index contributed by atoms with van der Waals surface area (Å²) in [5.41, 5.74) is 4.18. The van der Waals surface area contributed by atoms with Gasteiger partial charge < -0.3 is 5.32 Å². The van der Waals surface area contributed by atoms with Crippen LogP contribution in [0.25, 0.3) is 0 Å². The summed E-state index contributed by atoms with van der Waals surface area (Å²) in [7, 11) is 0. The number of fused-ring (bicyclic) bond motifs is 1. The van der Waals surface area contributed by atoms with Gasteiger partial charge in [-0.15, -0.1) is 0 Å². The van der Waals surface area contributed by atoms with E-state index < -0.39 is 0 Å². The standard InChI is InChI=1S/C15H12N2O.C5H12/c18-14-10-16-15(11-6-2-1-3-7-11)12-8-4-5-9-13(12)17-14;1-5(2,3)4/h1-9H,10H2,(H,17,18);1-4H3. The number of hydrogen-bond acceptors (Lipinski definition) is 2. The second-order valence-corrected chi connectivity index (χ2v) is 7.12. The molecule has 1 amide bonds. The lowest BCUT2D eigenvalue weighted by Crippen LogP contribution is -2.13. The number of rotatable bonds is 1. The number of carbonyl (C=O) groups is 1. The van der Waals surface area contributed by atoms with Crippen LogP contribution in [-0.2, 0) is 4.79 Å². The van der Waals surface area contributed by atoms with Gasteiger partial charge in [-0.1, -0.05) is 76.2 Å². The first-order valence-electron chi connectivity index (χ1n) is 7.84. The first-order valence-corrected chi connectivity index (χ1v) is 7.84. The molecule has 1 N–H and O–H groups in total. The molecule has 0 aliphatic carbocycles. The first-order chi connectivity index (χ1) is 10.8. The smallest absolute Gasteiger partial charge is 0.246 e. The fourth-order valence-corrected chi connectivity index (χ4v) is 2.07. The van der Waals surface area contributed by atoms with E-state index in [1.807, 2.05) is 54.6 Å². The number of benzodiazepines with no additional fused rings is 1. The topological polar surface area (TPSA) is 41.5 Å². The van der Waals surface area contributed by atoms with Gasteiger partial charge in [0.1, 0.15) is 6.54 Å². The zero-order valence-electron chi connectivity index (χ0n) is 14.3. The van der Waals surface area contributed by atoms with Crippen molar-refractivity contribution in [2.24, 2.45) is 10.4 Å². The molecule has 0 radical (unpaired) electrons. The molecular weight excluding hydrogens is 284 g/mol. The Labute approximate surface area is 138 Å². The third-order valence-electron chi connectivity index (χ3n) is 2.88. The molecule has 0 atom stereocenters. The molecule has 1 aliphatic rings. The Morgan fingerprint density at radius 1 is 0.913 bits per heavy atom. The van der Waals surface area contributed by atoms with Crippen molar-refractivity contribution in [2.45, 2.75) is 27.7 Å². The van der Waals surface area contributed by atoms with E-state index in [2.05, 4.69) is 38.0 Å². The van der Waals surface area contributed by atoms with Gasteiger partial charge in [-0.25, -0.2) is 0 Å². The molecule has 0 saturated heterocycles. The number of hydrogen-bond donors (Lipinski definition) is 1. The summed E-state index contributed by atoms with van der Waals surface area (Å²) in [6, 6.07) is 17.7. The summed E-state index contributed by atoms with van der Waals surface area (Å²) < 4.78 is 0. The lowest BCUT2D eigenvalue weighted by atomic mass is 10.0. The molecule has 0 spiro atoms. The second-order valence-electron chi connectivity index (χ2n) is 7.12. The Morgan fingerprint density at radius 2 is 1.48 bits per heavy atom. The normalized spacial score (nSPS) is 13.7. The molecule has 3 nitrogen and oxygen atoms in total. The summed E-state index contributed by atoms with van der Waals surface area (Å²) in [5.74, 6) is -0.0756. The van der Waals surface area contributed by atoms with Crippen LogP contribution in [0.15, 0.2) is 59.6 Å². The zero-order valence-corrected chi connectivity index (χ0v) is 14.3. The molecule has 0 saturated carbocycles. The first kappa shape index (κ1) is 16.9. The Morgan fingerprint density at radius 3 is 2.13 bits per heavy atom. The molecule has 0 fully saturated rings. The van der Waals surface area contributed by atoms with Crippen LogP contribution < -0.4 is 5.32 Å². The van der Waals surface area contributed by atoms with E-state index in [4.69, 9.17) is 0 Å². The van der Waals surface area contributed by atoms with Gasteiger partial charge in [0.2, 0.25) is 5.91 Å². The van der Waals surface area contributed by atoms with Crippen LogP contribution in [0.3, 0.4) is 0 Å². The fraction of sp³-hybridized carbons (Fsp3) is 0.300. The maximum absolute atomic E-state index is 11.6. The molecule has 0 bridgehead atoms. The molecule has 1 aliphatic heterocycles. The number of amides is 1. The number of nitrogens with one attached hydrogen (secondary N) is 1. The maximum atomic E-state index is 11.6. The van der Waals surface area contributed by atoms with E-state index in [-0.39, 0.29) is 12.5 Å². The number of nitrogens with zero attached hydrogens (tertiary/aromatic N) is 1. The molecule has 1 heterocycles. The average Bonchev–Trinajstić information content (AvgIpc) is 2.65. The van der Waals surface area contributed by atoms with Crippen LogP contribution in [-0.4, -0.2) is 18.2 Å². The van der Waals surface area contributed by atoms with E-state index in [1.54, 1.807) is 0 Å². The van der Waals surface area contributed by atoms with Crippen molar-refractivity contribution < 1.29 is 4.79 Å². The number of aliphatic imine (C=N–C) groups is 1. The van der Waals surface area contributed by atoms with E-state index >= 15 is 0 Å². The van der Waals surface area contributed by atoms with Crippen LogP contribution >= 0.6 is 0 Å². The molecular formula is C20H24N2O. The van der Waals surface area contributed by atoms with Crippen molar-refractivity contribution in [1.29, 1.82) is 0 Å². The third kappa shape index (κ3) is 5.37. The highest BCUT2D eigenvalue weighted by Gasteiger charge is 2.16. The molecule has 23 heavy (non-hydrogen) atoms. The van der Waals surface area contributed by atoms with Crippen LogP contribution in [0, 0.1) is 5.41 Å². The van der Waals surface area contributed by atoms with Gasteiger partial charge in [0, 0.05) is 11.1 Å². The van der Waals surface area contributed by atoms with Crippen LogP contribution in [0.5, 0.6) is 0 Å². The summed E-state index contributed by atoms with van der Waals surface area (Å²) in [6.07, 6.45) is 0. The van der Waals surface area contributed by atoms with Crippen LogP contribution in [0.1, 0.15) is 38.8 Å². The number of anilines is 1. The molecule has 120 valence electrons. The van der Waals surface area contributed by atoms with E-state index in [1.165, 1.54) is 0 Å². The Kier molecular flexibility index (Phi) is 5.32. The highest BCUT2D eigenvalue weighted by Crippen LogP contribution is 2.22. The fourth-order valence-electron chi connectivity index (χ4n) is 2.07. The zero-order chi connectivity index (χ0) is 16.9. The molecule has 3 heteroatoms. The third-order valence-corrected chi connectivity index (χ3v) is 2.88. The van der Waals surface area contributed by atoms with Crippen molar-refractivity contribution in [3.63, 3.8) is 0 Å². The van der Waals surface area contributed by atoms with Gasteiger partial charge in [0.25, 0.3) is 0 Å². The van der Waals surface area contributed by atoms with E-state index in [0.717, 1.165) is 22.5 Å².